The summed E-state index contributed by atoms with van der Waals surface area (Å²) in [7, 11) is 1.89. The van der Waals surface area contributed by atoms with Gasteiger partial charge in [0.15, 0.2) is 17.1 Å². The molecule has 1 aromatic carbocycles. The Bertz CT molecular complexity index is 1110. The highest BCUT2D eigenvalue weighted by molar-refractivity contribution is 7.99. The molecule has 1 amide bonds. The average Bonchev–Trinajstić information content (AvgIpc) is 3.42. The van der Waals surface area contributed by atoms with Gasteiger partial charge in [0.05, 0.1) is 5.75 Å². The third kappa shape index (κ3) is 5.92. The van der Waals surface area contributed by atoms with Crippen molar-refractivity contribution in [2.45, 2.75) is 70.1 Å². The predicted octanol–water partition coefficient (Wildman–Crippen LogP) is 5.20. The van der Waals surface area contributed by atoms with Crippen LogP contribution in [0.3, 0.4) is 0 Å². The molecule has 176 valence electrons. The van der Waals surface area contributed by atoms with Gasteiger partial charge < -0.3 is 9.30 Å². The van der Waals surface area contributed by atoms with Crippen LogP contribution >= 0.6 is 23.1 Å². The molecule has 0 bridgehead atoms. The molecular formula is C23H30N6O2S2. The molecule has 1 aliphatic carbocycles. The van der Waals surface area contributed by atoms with E-state index < -0.39 is 0 Å². The number of ether oxygens (including phenoxy) is 1. The molecule has 1 atom stereocenters. The maximum atomic E-state index is 12.4. The molecule has 1 unspecified atom stereocenters. The molecule has 10 heteroatoms. The van der Waals surface area contributed by atoms with Crippen molar-refractivity contribution in [3.63, 3.8) is 0 Å². The molecule has 0 saturated heterocycles. The van der Waals surface area contributed by atoms with E-state index in [1.54, 1.807) is 0 Å². The molecule has 1 saturated carbocycles. The van der Waals surface area contributed by atoms with Crippen molar-refractivity contribution in [2.24, 2.45) is 7.05 Å². The van der Waals surface area contributed by atoms with Crippen molar-refractivity contribution in [1.82, 2.24) is 25.0 Å². The highest BCUT2D eigenvalue weighted by Crippen LogP contribution is 2.35. The number of carbonyl (C=O) groups is 1. The van der Waals surface area contributed by atoms with Gasteiger partial charge in [-0.3, -0.25) is 10.1 Å². The zero-order chi connectivity index (χ0) is 23.4. The van der Waals surface area contributed by atoms with Gasteiger partial charge >= 0.3 is 0 Å². The Kier molecular flexibility index (Phi) is 7.64. The molecular weight excluding hydrogens is 456 g/mol. The van der Waals surface area contributed by atoms with Gasteiger partial charge in [0.25, 0.3) is 0 Å². The van der Waals surface area contributed by atoms with Gasteiger partial charge in [0.2, 0.25) is 11.0 Å². The quantitative estimate of drug-likeness (QED) is 0.437. The Morgan fingerprint density at radius 1 is 1.18 bits per heavy atom. The Morgan fingerprint density at radius 2 is 1.97 bits per heavy atom. The number of rotatable bonds is 8. The lowest BCUT2D eigenvalue weighted by Gasteiger charge is -2.18. The number of benzene rings is 1. The normalized spacial score (nSPS) is 15.4. The van der Waals surface area contributed by atoms with Gasteiger partial charge in [0, 0.05) is 13.0 Å². The van der Waals surface area contributed by atoms with Crippen molar-refractivity contribution in [3.8, 4) is 5.75 Å². The van der Waals surface area contributed by atoms with E-state index in [0.29, 0.717) is 22.0 Å². The number of aromatic nitrogens is 5. The van der Waals surface area contributed by atoms with Gasteiger partial charge in [-0.25, -0.2) is 0 Å². The number of thioether (sulfide) groups is 1. The molecule has 1 fully saturated rings. The maximum Gasteiger partial charge on any atom is 0.236 e. The molecule has 1 N–H and O–H groups in total. The number of carbonyl (C=O) groups excluding carboxylic acids is 1. The number of amides is 1. The summed E-state index contributed by atoms with van der Waals surface area (Å²) in [5.74, 6) is 2.08. The first-order chi connectivity index (χ1) is 15.9. The second-order valence-corrected chi connectivity index (χ2v) is 10.5. The first kappa shape index (κ1) is 23.7. The maximum absolute atomic E-state index is 12.4. The fraction of sp³-hybridized carbons (Fsp3) is 0.522. The molecule has 0 radical (unpaired) electrons. The monoisotopic (exact) mass is 486 g/mol. The first-order valence-corrected chi connectivity index (χ1v) is 13.1. The van der Waals surface area contributed by atoms with Crippen LogP contribution in [0.2, 0.25) is 0 Å². The molecule has 8 nitrogen and oxygen atoms in total. The summed E-state index contributed by atoms with van der Waals surface area (Å²) in [4.78, 5) is 12.4. The fourth-order valence-corrected chi connectivity index (χ4v) is 5.58. The topological polar surface area (TPSA) is 94.8 Å². The Morgan fingerprint density at radius 3 is 2.73 bits per heavy atom. The summed E-state index contributed by atoms with van der Waals surface area (Å²) in [6.07, 6.45) is 5.85. The van der Waals surface area contributed by atoms with Gasteiger partial charge in [-0.15, -0.1) is 20.4 Å². The zero-order valence-corrected chi connectivity index (χ0v) is 21.1. The fourth-order valence-electron chi connectivity index (χ4n) is 3.93. The highest BCUT2D eigenvalue weighted by Gasteiger charge is 2.21. The first-order valence-electron chi connectivity index (χ1n) is 11.3. The number of aryl methyl sites for hydroxylation is 2. The van der Waals surface area contributed by atoms with E-state index in [0.717, 1.165) is 10.8 Å². The summed E-state index contributed by atoms with van der Waals surface area (Å²) in [6, 6.07) is 6.03. The van der Waals surface area contributed by atoms with E-state index in [2.05, 4.69) is 39.6 Å². The van der Waals surface area contributed by atoms with E-state index >= 15 is 0 Å². The summed E-state index contributed by atoms with van der Waals surface area (Å²) >= 11 is 2.83. The van der Waals surface area contributed by atoms with Crippen LogP contribution in [0, 0.1) is 13.8 Å². The lowest BCUT2D eigenvalue weighted by Crippen LogP contribution is -2.14. The van der Waals surface area contributed by atoms with Crippen LogP contribution < -0.4 is 10.1 Å². The van der Waals surface area contributed by atoms with Gasteiger partial charge in [-0.2, -0.15) is 0 Å². The van der Waals surface area contributed by atoms with Crippen molar-refractivity contribution in [1.29, 1.82) is 0 Å². The minimum absolute atomic E-state index is 0.129. The minimum atomic E-state index is -0.271. The van der Waals surface area contributed by atoms with Gasteiger partial charge in [-0.05, 0) is 56.9 Å². The molecule has 1 aliphatic rings. The van der Waals surface area contributed by atoms with Crippen molar-refractivity contribution in [3.05, 3.63) is 40.2 Å². The molecule has 2 aromatic heterocycles. The molecule has 4 rings (SSSR count). The largest absolute Gasteiger partial charge is 0.483 e. The van der Waals surface area contributed by atoms with Crippen molar-refractivity contribution in [2.75, 3.05) is 11.1 Å². The number of nitrogens with zero attached hydrogens (tertiary/aromatic N) is 5. The molecule has 33 heavy (non-hydrogen) atoms. The summed E-state index contributed by atoms with van der Waals surface area (Å²) < 4.78 is 7.93. The van der Waals surface area contributed by atoms with E-state index in [-0.39, 0.29) is 17.8 Å². The third-order valence-electron chi connectivity index (χ3n) is 6.00. The van der Waals surface area contributed by atoms with Crippen LogP contribution in [0.15, 0.2) is 23.4 Å². The van der Waals surface area contributed by atoms with E-state index in [4.69, 9.17) is 4.74 Å². The zero-order valence-electron chi connectivity index (χ0n) is 19.5. The lowest BCUT2D eigenvalue weighted by atomic mass is 9.90. The van der Waals surface area contributed by atoms with E-state index in [1.165, 1.54) is 66.3 Å². The predicted molar refractivity (Wildman–Crippen MR) is 131 cm³/mol. The SMILES string of the molecule is Cc1ccc(OC(C)c2nnc(SCC(=O)Nc3nnc(C4CCCCC4)s3)n2C)cc1C. The molecule has 3 aromatic rings. The van der Waals surface area contributed by atoms with Crippen LogP contribution in [0.5, 0.6) is 5.75 Å². The van der Waals surface area contributed by atoms with Crippen molar-refractivity contribution >= 4 is 34.1 Å². The van der Waals surface area contributed by atoms with Gasteiger partial charge in [-0.1, -0.05) is 48.4 Å². The molecule has 0 spiro atoms. The Balaban J connectivity index is 1.30. The summed E-state index contributed by atoms with van der Waals surface area (Å²) in [5.41, 5.74) is 2.41. The Labute approximate surface area is 202 Å². The number of nitrogens with one attached hydrogen (secondary N) is 1. The van der Waals surface area contributed by atoms with Crippen LogP contribution in [0.1, 0.15) is 73.0 Å². The standard InChI is InChI=1S/C23H30N6O2S2/c1-14-10-11-18(12-15(14)2)31-16(3)20-25-28-23(29(20)4)32-13-19(30)24-22-27-26-21(33-22)17-8-6-5-7-9-17/h10-12,16-17H,5-9,13H2,1-4H3,(H,24,27,30). The average molecular weight is 487 g/mol. The molecule has 0 aliphatic heterocycles. The van der Waals surface area contributed by atoms with E-state index in [1.807, 2.05) is 36.7 Å². The summed E-state index contributed by atoms with van der Waals surface area (Å²) in [6.45, 7) is 6.08. The van der Waals surface area contributed by atoms with Crippen LogP contribution in [-0.4, -0.2) is 36.6 Å². The number of anilines is 1. The number of hydrogen-bond acceptors (Lipinski definition) is 8. The van der Waals surface area contributed by atoms with Crippen LogP contribution in [0.4, 0.5) is 5.13 Å². The number of hydrogen-bond donors (Lipinski definition) is 1. The van der Waals surface area contributed by atoms with Crippen LogP contribution in [0.25, 0.3) is 0 Å². The lowest BCUT2D eigenvalue weighted by molar-refractivity contribution is -0.113. The third-order valence-corrected chi connectivity index (χ3v) is 8.02. The van der Waals surface area contributed by atoms with Crippen LogP contribution in [-0.2, 0) is 11.8 Å². The smallest absolute Gasteiger partial charge is 0.236 e. The summed E-state index contributed by atoms with van der Waals surface area (Å²) in [5, 5.41) is 22.1. The minimum Gasteiger partial charge on any atom is -0.483 e. The second-order valence-electron chi connectivity index (χ2n) is 8.52. The molecule has 2 heterocycles. The van der Waals surface area contributed by atoms with Crippen molar-refractivity contribution < 1.29 is 9.53 Å². The van der Waals surface area contributed by atoms with Gasteiger partial charge in [0.1, 0.15) is 10.8 Å². The van der Waals surface area contributed by atoms with E-state index in [9.17, 15) is 4.79 Å². The second kappa shape index (κ2) is 10.6. The highest BCUT2D eigenvalue weighted by atomic mass is 32.2. The Hall–Kier alpha value is -2.46.